The molecule has 0 aromatic heterocycles. The third-order valence-corrected chi connectivity index (χ3v) is 3.42. The van der Waals surface area contributed by atoms with Gasteiger partial charge in [-0.1, -0.05) is 12.1 Å². The lowest BCUT2D eigenvalue weighted by Gasteiger charge is -2.22. The van der Waals surface area contributed by atoms with E-state index in [2.05, 4.69) is 5.32 Å². The van der Waals surface area contributed by atoms with Gasteiger partial charge in [0.05, 0.1) is 11.3 Å². The zero-order chi connectivity index (χ0) is 17.5. The molecule has 0 aliphatic carbocycles. The van der Waals surface area contributed by atoms with E-state index in [1.54, 1.807) is 24.3 Å². The first-order chi connectivity index (χ1) is 11.5. The van der Waals surface area contributed by atoms with E-state index < -0.39 is 5.82 Å². The molecular weight excluding hydrogens is 309 g/mol. The van der Waals surface area contributed by atoms with Gasteiger partial charge in [0.25, 0.3) is 5.91 Å². The SMILES string of the molecule is CC(=O)N(CCNC(=O)c1ccc(F)cc1)c1ccccc1C#N. The van der Waals surface area contributed by atoms with Crippen LogP contribution in [-0.4, -0.2) is 24.9 Å². The molecule has 0 saturated heterocycles. The number of amides is 2. The fourth-order valence-corrected chi connectivity index (χ4v) is 2.24. The maximum Gasteiger partial charge on any atom is 0.251 e. The topological polar surface area (TPSA) is 73.2 Å². The first-order valence-electron chi connectivity index (χ1n) is 7.34. The van der Waals surface area contributed by atoms with Crippen molar-refractivity contribution < 1.29 is 14.0 Å². The number of halogens is 1. The number of nitrogens with one attached hydrogen (secondary N) is 1. The summed E-state index contributed by atoms with van der Waals surface area (Å²) < 4.78 is 12.9. The van der Waals surface area contributed by atoms with Gasteiger partial charge in [-0.15, -0.1) is 0 Å². The highest BCUT2D eigenvalue weighted by atomic mass is 19.1. The Morgan fingerprint density at radius 3 is 2.46 bits per heavy atom. The number of para-hydroxylation sites is 1. The Balaban J connectivity index is 2.02. The Bertz CT molecular complexity index is 782. The second-order valence-corrected chi connectivity index (χ2v) is 5.06. The second kappa shape index (κ2) is 7.88. The molecule has 0 aliphatic rings. The fourth-order valence-electron chi connectivity index (χ4n) is 2.24. The minimum atomic E-state index is -0.414. The zero-order valence-corrected chi connectivity index (χ0v) is 13.1. The van der Waals surface area contributed by atoms with Crippen LogP contribution in [0.4, 0.5) is 10.1 Å². The van der Waals surface area contributed by atoms with Gasteiger partial charge in [0.1, 0.15) is 11.9 Å². The second-order valence-electron chi connectivity index (χ2n) is 5.06. The van der Waals surface area contributed by atoms with Crippen LogP contribution in [0.2, 0.25) is 0 Å². The van der Waals surface area contributed by atoms with Crippen LogP contribution in [0.3, 0.4) is 0 Å². The van der Waals surface area contributed by atoms with Crippen LogP contribution in [0.1, 0.15) is 22.8 Å². The third-order valence-electron chi connectivity index (χ3n) is 3.42. The number of anilines is 1. The molecule has 0 heterocycles. The van der Waals surface area contributed by atoms with Gasteiger partial charge in [0.2, 0.25) is 5.91 Å². The lowest BCUT2D eigenvalue weighted by atomic mass is 10.1. The number of hydrogen-bond acceptors (Lipinski definition) is 3. The van der Waals surface area contributed by atoms with Crippen LogP contribution >= 0.6 is 0 Å². The lowest BCUT2D eigenvalue weighted by Crippen LogP contribution is -2.38. The van der Waals surface area contributed by atoms with E-state index in [4.69, 9.17) is 5.26 Å². The van der Waals surface area contributed by atoms with Crippen LogP contribution < -0.4 is 10.2 Å². The molecule has 122 valence electrons. The van der Waals surface area contributed by atoms with E-state index in [1.165, 1.54) is 36.1 Å². The summed E-state index contributed by atoms with van der Waals surface area (Å²) in [4.78, 5) is 25.3. The molecule has 24 heavy (non-hydrogen) atoms. The average Bonchev–Trinajstić information content (AvgIpc) is 2.59. The maximum atomic E-state index is 12.9. The third kappa shape index (κ3) is 4.17. The van der Waals surface area contributed by atoms with Crippen LogP contribution in [0.5, 0.6) is 0 Å². The van der Waals surface area contributed by atoms with E-state index in [0.29, 0.717) is 16.8 Å². The van der Waals surface area contributed by atoms with E-state index in [9.17, 15) is 14.0 Å². The summed E-state index contributed by atoms with van der Waals surface area (Å²) in [6.45, 7) is 1.83. The standard InChI is InChI=1S/C18H16FN3O2/c1-13(23)22(17-5-3-2-4-15(17)12-20)11-10-21-18(24)14-6-8-16(19)9-7-14/h2-9H,10-11H2,1H3,(H,21,24). The number of carbonyl (C=O) groups is 2. The number of hydrogen-bond donors (Lipinski definition) is 1. The zero-order valence-electron chi connectivity index (χ0n) is 13.1. The summed E-state index contributed by atoms with van der Waals surface area (Å²) in [7, 11) is 0. The number of nitriles is 1. The Kier molecular flexibility index (Phi) is 5.63. The predicted molar refractivity (Wildman–Crippen MR) is 87.9 cm³/mol. The molecule has 6 heteroatoms. The number of rotatable bonds is 5. The maximum absolute atomic E-state index is 12.9. The van der Waals surface area contributed by atoms with Crippen molar-refractivity contribution in [2.24, 2.45) is 0 Å². The minimum Gasteiger partial charge on any atom is -0.350 e. The van der Waals surface area contributed by atoms with E-state index >= 15 is 0 Å². The summed E-state index contributed by atoms with van der Waals surface area (Å²) in [6, 6.07) is 14.0. The van der Waals surface area contributed by atoms with Gasteiger partial charge < -0.3 is 10.2 Å². The van der Waals surface area contributed by atoms with Crippen LogP contribution in [0.25, 0.3) is 0 Å². The van der Waals surface area contributed by atoms with Crippen molar-refractivity contribution in [3.63, 3.8) is 0 Å². The molecule has 0 radical (unpaired) electrons. The van der Waals surface area contributed by atoms with Gasteiger partial charge >= 0.3 is 0 Å². The fraction of sp³-hybridized carbons (Fsp3) is 0.167. The molecule has 1 N–H and O–H groups in total. The van der Waals surface area contributed by atoms with Crippen molar-refractivity contribution in [3.8, 4) is 6.07 Å². The Morgan fingerprint density at radius 2 is 1.83 bits per heavy atom. The van der Waals surface area contributed by atoms with Crippen molar-refractivity contribution >= 4 is 17.5 Å². The molecule has 0 aliphatic heterocycles. The van der Waals surface area contributed by atoms with E-state index in [-0.39, 0.29) is 24.9 Å². The highest BCUT2D eigenvalue weighted by Crippen LogP contribution is 2.19. The molecule has 0 bridgehead atoms. The highest BCUT2D eigenvalue weighted by molar-refractivity contribution is 5.95. The van der Waals surface area contributed by atoms with E-state index in [1.807, 2.05) is 6.07 Å². The number of benzene rings is 2. The van der Waals surface area contributed by atoms with Gasteiger partial charge in [-0.2, -0.15) is 5.26 Å². The van der Waals surface area contributed by atoms with Gasteiger partial charge in [-0.05, 0) is 36.4 Å². The Hall–Kier alpha value is -3.20. The summed E-state index contributed by atoms with van der Waals surface area (Å²) in [6.07, 6.45) is 0. The van der Waals surface area contributed by atoms with E-state index in [0.717, 1.165) is 0 Å². The molecule has 2 aromatic carbocycles. The van der Waals surface area contributed by atoms with Crippen LogP contribution in [0, 0.1) is 17.1 Å². The quantitative estimate of drug-likeness (QED) is 0.918. The minimum absolute atomic E-state index is 0.204. The largest absolute Gasteiger partial charge is 0.350 e. The molecule has 0 saturated carbocycles. The van der Waals surface area contributed by atoms with Crippen LogP contribution in [0.15, 0.2) is 48.5 Å². The molecule has 0 unspecified atom stereocenters. The summed E-state index contributed by atoms with van der Waals surface area (Å²) >= 11 is 0. The summed E-state index contributed by atoms with van der Waals surface area (Å²) in [5.41, 5.74) is 1.23. The molecule has 5 nitrogen and oxygen atoms in total. The highest BCUT2D eigenvalue weighted by Gasteiger charge is 2.15. The molecule has 2 aromatic rings. The van der Waals surface area contributed by atoms with Crippen molar-refractivity contribution in [1.29, 1.82) is 5.26 Å². The molecule has 0 spiro atoms. The van der Waals surface area contributed by atoms with Gasteiger partial charge in [0.15, 0.2) is 0 Å². The van der Waals surface area contributed by atoms with Crippen molar-refractivity contribution in [1.82, 2.24) is 5.32 Å². The van der Waals surface area contributed by atoms with Gasteiger partial charge in [-0.3, -0.25) is 9.59 Å². The Morgan fingerprint density at radius 1 is 1.17 bits per heavy atom. The summed E-state index contributed by atoms with van der Waals surface area (Å²) in [5.74, 6) is -0.997. The number of carbonyl (C=O) groups excluding carboxylic acids is 2. The first-order valence-corrected chi connectivity index (χ1v) is 7.34. The van der Waals surface area contributed by atoms with Gasteiger partial charge in [0, 0.05) is 25.6 Å². The predicted octanol–water partition coefficient (Wildman–Crippen LogP) is 2.48. The lowest BCUT2D eigenvalue weighted by molar-refractivity contribution is -0.116. The average molecular weight is 325 g/mol. The molecular formula is C18H16FN3O2. The van der Waals surface area contributed by atoms with Gasteiger partial charge in [-0.25, -0.2) is 4.39 Å². The normalized spacial score (nSPS) is 9.88. The Labute approximate surface area is 139 Å². The smallest absolute Gasteiger partial charge is 0.251 e. The summed E-state index contributed by atoms with van der Waals surface area (Å²) in [5, 5.41) is 11.8. The van der Waals surface area contributed by atoms with Crippen molar-refractivity contribution in [2.75, 3.05) is 18.0 Å². The van der Waals surface area contributed by atoms with Crippen molar-refractivity contribution in [2.45, 2.75) is 6.92 Å². The van der Waals surface area contributed by atoms with Crippen LogP contribution in [-0.2, 0) is 4.79 Å². The molecule has 0 atom stereocenters. The molecule has 0 fully saturated rings. The first kappa shape index (κ1) is 17.2. The monoisotopic (exact) mass is 325 g/mol. The van der Waals surface area contributed by atoms with Crippen molar-refractivity contribution in [3.05, 3.63) is 65.5 Å². The molecule has 2 rings (SSSR count). The molecule has 2 amide bonds. The number of nitrogens with zero attached hydrogens (tertiary/aromatic N) is 2.